The molecule has 0 bridgehead atoms. The first-order chi connectivity index (χ1) is 16.4. The average molecular weight is 477 g/mol. The smallest absolute Gasteiger partial charge is 0.253 e. The number of thiazole rings is 1. The van der Waals surface area contributed by atoms with Crippen LogP contribution >= 0.6 is 11.3 Å². The van der Waals surface area contributed by atoms with E-state index in [0.29, 0.717) is 16.4 Å². The molecule has 0 saturated carbocycles. The number of benzene rings is 2. The molecule has 34 heavy (non-hydrogen) atoms. The van der Waals surface area contributed by atoms with Crippen LogP contribution in [0.3, 0.4) is 0 Å². The summed E-state index contributed by atoms with van der Waals surface area (Å²) >= 11 is 1.30. The van der Waals surface area contributed by atoms with Crippen molar-refractivity contribution in [1.29, 1.82) is 0 Å². The number of rotatable bonds is 8. The Hall–Kier alpha value is -3.95. The van der Waals surface area contributed by atoms with E-state index in [-0.39, 0.29) is 17.8 Å². The molecule has 2 heterocycles. The molecule has 2 unspecified atom stereocenters. The number of primary amides is 1. The lowest BCUT2D eigenvalue weighted by atomic mass is 10.00. The molecule has 0 aliphatic heterocycles. The normalized spacial score (nSPS) is 12.6. The minimum Gasteiger partial charge on any atom is -0.381 e. The summed E-state index contributed by atoms with van der Waals surface area (Å²) in [4.78, 5) is 33.8. The Morgan fingerprint density at radius 1 is 1.06 bits per heavy atom. The summed E-state index contributed by atoms with van der Waals surface area (Å²) in [6.45, 7) is 0. The molecule has 4 aromatic rings. The number of aromatic nitrogens is 2. The molecule has 7 nitrogen and oxygen atoms in total. The number of halogens is 1. The van der Waals surface area contributed by atoms with Crippen LogP contribution in [0.4, 0.5) is 4.39 Å². The van der Waals surface area contributed by atoms with E-state index in [1.165, 1.54) is 23.5 Å². The molecule has 0 aliphatic rings. The predicted octanol–water partition coefficient (Wildman–Crippen LogP) is 3.20. The third kappa shape index (κ3) is 5.33. The van der Waals surface area contributed by atoms with Gasteiger partial charge in [-0.2, -0.15) is 0 Å². The third-order valence-corrected chi connectivity index (χ3v) is 6.04. The number of nitrogens with zero attached hydrogens (tertiary/aromatic N) is 2. The molecule has 2 atom stereocenters. The molecule has 2 aromatic carbocycles. The highest BCUT2D eigenvalue weighted by Crippen LogP contribution is 2.30. The minimum absolute atomic E-state index is 0.207. The van der Waals surface area contributed by atoms with Gasteiger partial charge < -0.3 is 16.2 Å². The fraction of sp³-hybridized carbons (Fsp3) is 0.120. The fourth-order valence-corrected chi connectivity index (χ4v) is 4.29. The van der Waals surface area contributed by atoms with Gasteiger partial charge in [0.1, 0.15) is 16.5 Å². The molecule has 2 amide bonds. The first kappa shape index (κ1) is 23.2. The van der Waals surface area contributed by atoms with Gasteiger partial charge in [-0.05, 0) is 48.4 Å². The summed E-state index contributed by atoms with van der Waals surface area (Å²) in [6.07, 6.45) is 0.178. The standard InChI is InChI=1S/C25H21FN4O3S/c26-17-10-8-16(9-11-17)20-14-34-25(30-20)21-18(7-4-12-28-21)24(33)29-19(22(31)23(27)32)13-15-5-2-1-3-6-15/h1-12,14,19,22,31H,13H2,(H2,27,32)(H,29,33). The van der Waals surface area contributed by atoms with Gasteiger partial charge in [0, 0.05) is 17.1 Å². The van der Waals surface area contributed by atoms with Crippen LogP contribution in [0.25, 0.3) is 22.0 Å². The number of hydrogen-bond acceptors (Lipinski definition) is 6. The quantitative estimate of drug-likeness (QED) is 0.361. The first-order valence-electron chi connectivity index (χ1n) is 10.4. The molecule has 0 saturated heterocycles. The zero-order chi connectivity index (χ0) is 24.1. The van der Waals surface area contributed by atoms with Crippen LogP contribution in [0.1, 0.15) is 15.9 Å². The summed E-state index contributed by atoms with van der Waals surface area (Å²) < 4.78 is 13.2. The molecule has 172 valence electrons. The van der Waals surface area contributed by atoms with Crippen LogP contribution in [-0.4, -0.2) is 39.0 Å². The Morgan fingerprint density at radius 2 is 1.79 bits per heavy atom. The van der Waals surface area contributed by atoms with E-state index in [2.05, 4.69) is 15.3 Å². The number of carbonyl (C=O) groups is 2. The molecule has 0 aliphatic carbocycles. The van der Waals surface area contributed by atoms with Gasteiger partial charge in [-0.25, -0.2) is 9.37 Å². The predicted molar refractivity (Wildman–Crippen MR) is 127 cm³/mol. The molecule has 0 fully saturated rings. The largest absolute Gasteiger partial charge is 0.381 e. The van der Waals surface area contributed by atoms with Crippen LogP contribution in [0.15, 0.2) is 78.3 Å². The average Bonchev–Trinajstić information content (AvgIpc) is 3.34. The van der Waals surface area contributed by atoms with Crippen molar-refractivity contribution in [3.8, 4) is 22.0 Å². The van der Waals surface area contributed by atoms with Crippen molar-refractivity contribution in [2.45, 2.75) is 18.6 Å². The number of hydrogen-bond donors (Lipinski definition) is 3. The van der Waals surface area contributed by atoms with E-state index in [1.54, 1.807) is 35.8 Å². The summed E-state index contributed by atoms with van der Waals surface area (Å²) in [5, 5.41) is 15.4. The van der Waals surface area contributed by atoms with E-state index in [0.717, 1.165) is 11.1 Å². The van der Waals surface area contributed by atoms with Gasteiger partial charge in [0.2, 0.25) is 5.91 Å². The van der Waals surface area contributed by atoms with Gasteiger partial charge in [0.25, 0.3) is 5.91 Å². The van der Waals surface area contributed by atoms with Crippen molar-refractivity contribution in [1.82, 2.24) is 15.3 Å². The van der Waals surface area contributed by atoms with Gasteiger partial charge in [-0.15, -0.1) is 11.3 Å². The van der Waals surface area contributed by atoms with E-state index >= 15 is 0 Å². The van der Waals surface area contributed by atoms with Gasteiger partial charge >= 0.3 is 0 Å². The molecule has 4 N–H and O–H groups in total. The van der Waals surface area contributed by atoms with Crippen LogP contribution in [0, 0.1) is 5.82 Å². The summed E-state index contributed by atoms with van der Waals surface area (Å²) in [5.41, 5.74) is 8.08. The molecule has 0 radical (unpaired) electrons. The topological polar surface area (TPSA) is 118 Å². The van der Waals surface area contributed by atoms with Crippen molar-refractivity contribution in [2.24, 2.45) is 5.73 Å². The van der Waals surface area contributed by atoms with E-state index < -0.39 is 24.0 Å². The summed E-state index contributed by atoms with van der Waals surface area (Å²) in [7, 11) is 0. The van der Waals surface area contributed by atoms with E-state index in [4.69, 9.17) is 5.73 Å². The zero-order valence-corrected chi connectivity index (χ0v) is 18.7. The first-order valence-corrected chi connectivity index (χ1v) is 11.3. The molecular formula is C25H21FN4O3S. The molecule has 0 spiro atoms. The highest BCUT2D eigenvalue weighted by atomic mass is 32.1. The second-order valence-corrected chi connectivity index (χ2v) is 8.42. The molecular weight excluding hydrogens is 455 g/mol. The third-order valence-electron chi connectivity index (χ3n) is 5.19. The number of amides is 2. The van der Waals surface area contributed by atoms with Crippen molar-refractivity contribution in [3.63, 3.8) is 0 Å². The number of nitrogens with one attached hydrogen (secondary N) is 1. The summed E-state index contributed by atoms with van der Waals surface area (Å²) in [6, 6.07) is 17.4. The number of aliphatic hydroxyl groups excluding tert-OH is 1. The maximum atomic E-state index is 13.2. The zero-order valence-electron chi connectivity index (χ0n) is 17.9. The number of aliphatic hydroxyl groups is 1. The monoisotopic (exact) mass is 476 g/mol. The van der Waals surface area contributed by atoms with E-state index in [9.17, 15) is 19.1 Å². The van der Waals surface area contributed by atoms with E-state index in [1.807, 2.05) is 30.3 Å². The Kier molecular flexibility index (Phi) is 7.05. The van der Waals surface area contributed by atoms with Crippen LogP contribution in [0.5, 0.6) is 0 Å². The maximum Gasteiger partial charge on any atom is 0.253 e. The van der Waals surface area contributed by atoms with Crippen LogP contribution in [0.2, 0.25) is 0 Å². The van der Waals surface area contributed by atoms with Crippen LogP contribution in [-0.2, 0) is 11.2 Å². The fourth-order valence-electron chi connectivity index (χ4n) is 3.45. The second-order valence-electron chi connectivity index (χ2n) is 7.56. The lowest BCUT2D eigenvalue weighted by Gasteiger charge is -2.22. The number of pyridine rings is 1. The van der Waals surface area contributed by atoms with Crippen LogP contribution < -0.4 is 11.1 Å². The van der Waals surface area contributed by atoms with Crippen molar-refractivity contribution >= 4 is 23.2 Å². The maximum absolute atomic E-state index is 13.2. The highest BCUT2D eigenvalue weighted by Gasteiger charge is 2.28. The molecule has 4 rings (SSSR count). The second kappa shape index (κ2) is 10.3. The minimum atomic E-state index is -1.57. The van der Waals surface area contributed by atoms with Gasteiger partial charge in [0.05, 0.1) is 17.3 Å². The van der Waals surface area contributed by atoms with Gasteiger partial charge in [-0.1, -0.05) is 30.3 Å². The number of nitrogens with two attached hydrogens (primary N) is 1. The molecule has 2 aromatic heterocycles. The highest BCUT2D eigenvalue weighted by molar-refractivity contribution is 7.13. The Morgan fingerprint density at radius 3 is 2.50 bits per heavy atom. The lowest BCUT2D eigenvalue weighted by molar-refractivity contribution is -0.127. The Bertz CT molecular complexity index is 1300. The SMILES string of the molecule is NC(=O)C(O)C(Cc1ccccc1)NC(=O)c1cccnc1-c1nc(-c2ccc(F)cc2)cs1. The summed E-state index contributed by atoms with van der Waals surface area (Å²) in [5.74, 6) is -1.80. The lowest BCUT2D eigenvalue weighted by Crippen LogP contribution is -2.50. The Balaban J connectivity index is 1.60. The van der Waals surface area contributed by atoms with Gasteiger partial charge in [-0.3, -0.25) is 14.6 Å². The Labute approximate surface area is 199 Å². The molecule has 9 heteroatoms. The van der Waals surface area contributed by atoms with Crippen molar-refractivity contribution < 1.29 is 19.1 Å². The van der Waals surface area contributed by atoms with Crippen molar-refractivity contribution in [2.75, 3.05) is 0 Å². The van der Waals surface area contributed by atoms with Gasteiger partial charge in [0.15, 0.2) is 6.10 Å². The van der Waals surface area contributed by atoms with Crippen molar-refractivity contribution in [3.05, 3.63) is 95.3 Å². The number of carbonyl (C=O) groups excluding carboxylic acids is 2.